The van der Waals surface area contributed by atoms with E-state index in [1.165, 1.54) is 0 Å². The number of aromatic nitrogens is 4. The second-order valence-electron chi connectivity index (χ2n) is 5.71. The van der Waals surface area contributed by atoms with E-state index in [-0.39, 0.29) is 17.1 Å². The molecule has 1 aliphatic heterocycles. The van der Waals surface area contributed by atoms with E-state index >= 15 is 0 Å². The van der Waals surface area contributed by atoms with Gasteiger partial charge in [-0.2, -0.15) is 4.98 Å². The Kier molecular flexibility index (Phi) is 2.13. The molecule has 10 nitrogen and oxygen atoms in total. The standard InChI is InChI=1S/C11H12FN5O5/c1-9(20)7(22-11(12)6(19)10(9,11)21)17-2-14-3-4(17)15-8(13)16-5(3)18/h2,6-7,19-21H,1H3,(H3,13,15,16,18)/t6?,7-,9+,10+,11-/m1/s1. The summed E-state index contributed by atoms with van der Waals surface area (Å²) in [4.78, 5) is 21.7. The molecule has 2 aromatic heterocycles. The van der Waals surface area contributed by atoms with Crippen molar-refractivity contribution in [1.29, 1.82) is 0 Å². The molecule has 0 radical (unpaired) electrons. The van der Waals surface area contributed by atoms with E-state index in [1.54, 1.807) is 0 Å². The van der Waals surface area contributed by atoms with E-state index in [4.69, 9.17) is 10.5 Å². The Hall–Kier alpha value is -2.08. The number of halogens is 1. The lowest BCUT2D eigenvalue weighted by molar-refractivity contribution is -0.180. The Morgan fingerprint density at radius 2 is 2.23 bits per heavy atom. The lowest BCUT2D eigenvalue weighted by atomic mass is 9.95. The van der Waals surface area contributed by atoms with Crippen molar-refractivity contribution in [3.05, 3.63) is 16.7 Å². The van der Waals surface area contributed by atoms with Gasteiger partial charge in [-0.05, 0) is 6.92 Å². The summed E-state index contributed by atoms with van der Waals surface area (Å²) < 4.78 is 20.4. The van der Waals surface area contributed by atoms with Crippen LogP contribution in [0.5, 0.6) is 0 Å². The van der Waals surface area contributed by atoms with E-state index in [1.807, 2.05) is 0 Å². The van der Waals surface area contributed by atoms with Crippen LogP contribution in [0.4, 0.5) is 10.3 Å². The summed E-state index contributed by atoms with van der Waals surface area (Å²) in [7, 11) is 0. The van der Waals surface area contributed by atoms with Crippen molar-refractivity contribution in [2.45, 2.75) is 36.3 Å². The molecule has 3 heterocycles. The molecular formula is C11H12FN5O5. The van der Waals surface area contributed by atoms with Crippen molar-refractivity contribution < 1.29 is 24.4 Å². The molecule has 118 valence electrons. The van der Waals surface area contributed by atoms with Crippen LogP contribution in [0.3, 0.4) is 0 Å². The zero-order valence-electron chi connectivity index (χ0n) is 11.2. The first-order valence-electron chi connectivity index (χ1n) is 6.36. The summed E-state index contributed by atoms with van der Waals surface area (Å²) in [6.45, 7) is 1.11. The van der Waals surface area contributed by atoms with Gasteiger partial charge in [0.25, 0.3) is 11.4 Å². The molecule has 0 spiro atoms. The quantitative estimate of drug-likeness (QED) is 0.395. The number of alkyl halides is 1. The highest BCUT2D eigenvalue weighted by Gasteiger charge is 2.93. The van der Waals surface area contributed by atoms with Crippen molar-refractivity contribution in [2.75, 3.05) is 5.73 Å². The Morgan fingerprint density at radius 1 is 1.55 bits per heavy atom. The third kappa shape index (κ3) is 1.18. The van der Waals surface area contributed by atoms with Gasteiger partial charge in [-0.25, -0.2) is 9.37 Å². The van der Waals surface area contributed by atoms with Crippen molar-refractivity contribution >= 4 is 17.1 Å². The molecule has 2 aliphatic rings. The third-order valence-electron chi connectivity index (χ3n) is 4.42. The first kappa shape index (κ1) is 13.6. The van der Waals surface area contributed by atoms with Gasteiger partial charge >= 0.3 is 0 Å². The van der Waals surface area contributed by atoms with Gasteiger partial charge in [0, 0.05) is 0 Å². The number of imidazole rings is 1. The second-order valence-corrected chi connectivity index (χ2v) is 5.71. The molecule has 22 heavy (non-hydrogen) atoms. The first-order valence-corrected chi connectivity index (χ1v) is 6.36. The lowest BCUT2D eigenvalue weighted by Crippen LogP contribution is -2.48. The molecule has 0 amide bonds. The largest absolute Gasteiger partial charge is 0.384 e. The van der Waals surface area contributed by atoms with Gasteiger partial charge in [0.05, 0.1) is 6.33 Å². The molecule has 0 bridgehead atoms. The number of aliphatic hydroxyl groups excluding tert-OH is 1. The first-order chi connectivity index (χ1) is 10.1. The summed E-state index contributed by atoms with van der Waals surface area (Å²) in [5.41, 5.74) is 0.0415. The number of aliphatic hydroxyl groups is 3. The third-order valence-corrected chi connectivity index (χ3v) is 4.42. The van der Waals surface area contributed by atoms with Crippen molar-refractivity contribution in [3.63, 3.8) is 0 Å². The number of nitrogens with two attached hydrogens (primary N) is 1. The van der Waals surface area contributed by atoms with Crippen molar-refractivity contribution in [2.24, 2.45) is 0 Å². The van der Waals surface area contributed by atoms with E-state index in [0.29, 0.717) is 0 Å². The highest BCUT2D eigenvalue weighted by Crippen LogP contribution is 2.67. The highest BCUT2D eigenvalue weighted by molar-refractivity contribution is 5.70. The van der Waals surface area contributed by atoms with E-state index in [2.05, 4.69) is 15.0 Å². The summed E-state index contributed by atoms with van der Waals surface area (Å²) in [6.07, 6.45) is -2.22. The summed E-state index contributed by atoms with van der Waals surface area (Å²) in [5.74, 6) is -3.00. The number of fused-ring (bicyclic) bond motifs is 2. The molecule has 2 fully saturated rings. The minimum Gasteiger partial charge on any atom is -0.384 e. The van der Waals surface area contributed by atoms with E-state index in [0.717, 1.165) is 17.8 Å². The van der Waals surface area contributed by atoms with Crippen LogP contribution in [0.1, 0.15) is 13.2 Å². The van der Waals surface area contributed by atoms with Crippen LogP contribution in [-0.4, -0.2) is 58.0 Å². The Morgan fingerprint density at radius 3 is 2.82 bits per heavy atom. The molecule has 5 atom stereocenters. The summed E-state index contributed by atoms with van der Waals surface area (Å²) in [5, 5.41) is 30.1. The fourth-order valence-electron chi connectivity index (χ4n) is 3.07. The number of hydrogen-bond donors (Lipinski definition) is 5. The van der Waals surface area contributed by atoms with Crippen LogP contribution < -0.4 is 11.3 Å². The molecule has 1 saturated heterocycles. The predicted octanol–water partition coefficient (Wildman–Crippen LogP) is -2.25. The molecule has 11 heteroatoms. The Balaban J connectivity index is 1.90. The zero-order chi connectivity index (χ0) is 16.1. The number of nitrogens with zero attached hydrogens (tertiary/aromatic N) is 3. The molecule has 1 unspecified atom stereocenters. The normalized spacial score (nSPS) is 43.5. The average Bonchev–Trinajstić information content (AvgIpc) is 2.77. The second kappa shape index (κ2) is 3.46. The zero-order valence-corrected chi connectivity index (χ0v) is 11.2. The number of H-pyrrole nitrogens is 1. The van der Waals surface area contributed by atoms with E-state index < -0.39 is 34.9 Å². The number of rotatable bonds is 1. The molecule has 1 saturated carbocycles. The van der Waals surface area contributed by atoms with Crippen LogP contribution in [0.25, 0.3) is 11.2 Å². The Labute approximate surface area is 121 Å². The fraction of sp³-hybridized carbons (Fsp3) is 0.545. The van der Waals surface area contributed by atoms with Gasteiger partial charge < -0.3 is 25.8 Å². The number of nitrogens with one attached hydrogen (secondary N) is 1. The van der Waals surface area contributed by atoms with Gasteiger partial charge in [-0.15, -0.1) is 0 Å². The molecule has 6 N–H and O–H groups in total. The molecular weight excluding hydrogens is 301 g/mol. The predicted molar refractivity (Wildman–Crippen MR) is 68.1 cm³/mol. The van der Waals surface area contributed by atoms with Gasteiger partial charge in [0.1, 0.15) is 5.60 Å². The van der Waals surface area contributed by atoms with E-state index in [9.17, 15) is 24.5 Å². The lowest BCUT2D eigenvalue weighted by Gasteiger charge is -2.31. The Bertz CT molecular complexity index is 864. The SMILES string of the molecule is C[C@]1(O)[C@H](n2cnc3c(=O)[nH]c(N)nc32)O[C@]2(F)C(O)[C@]12O. The molecule has 2 aromatic rings. The number of hydrogen-bond acceptors (Lipinski definition) is 8. The highest BCUT2D eigenvalue weighted by atomic mass is 19.2. The van der Waals surface area contributed by atoms with Crippen LogP contribution in [0.15, 0.2) is 11.1 Å². The average molecular weight is 313 g/mol. The fourth-order valence-corrected chi connectivity index (χ4v) is 3.07. The maximum absolute atomic E-state index is 14.3. The van der Waals surface area contributed by atoms with Crippen molar-refractivity contribution in [1.82, 2.24) is 19.5 Å². The van der Waals surface area contributed by atoms with Crippen LogP contribution in [0.2, 0.25) is 0 Å². The maximum Gasteiger partial charge on any atom is 0.280 e. The maximum atomic E-state index is 14.3. The summed E-state index contributed by atoms with van der Waals surface area (Å²) >= 11 is 0. The van der Waals surface area contributed by atoms with Gasteiger partial charge in [-0.3, -0.25) is 14.3 Å². The molecule has 0 aromatic carbocycles. The monoisotopic (exact) mass is 313 g/mol. The number of ether oxygens (including phenoxy) is 1. The number of anilines is 1. The minimum absolute atomic E-state index is 0.0467. The van der Waals surface area contributed by atoms with Gasteiger partial charge in [0.2, 0.25) is 5.95 Å². The van der Waals surface area contributed by atoms with Crippen LogP contribution >= 0.6 is 0 Å². The van der Waals surface area contributed by atoms with Crippen LogP contribution in [-0.2, 0) is 4.74 Å². The van der Waals surface area contributed by atoms with Gasteiger partial charge in [-0.1, -0.05) is 0 Å². The minimum atomic E-state index is -2.80. The van der Waals surface area contributed by atoms with Crippen molar-refractivity contribution in [3.8, 4) is 0 Å². The topological polar surface area (TPSA) is 160 Å². The smallest absolute Gasteiger partial charge is 0.280 e. The summed E-state index contributed by atoms with van der Waals surface area (Å²) in [6, 6.07) is 0. The number of aromatic amines is 1. The molecule has 1 aliphatic carbocycles. The number of nitrogen functional groups attached to an aromatic ring is 1. The van der Waals surface area contributed by atoms with Gasteiger partial charge in [0.15, 0.2) is 29.1 Å². The molecule has 4 rings (SSSR count). The van der Waals surface area contributed by atoms with Crippen LogP contribution in [0, 0.1) is 0 Å².